The van der Waals surface area contributed by atoms with Crippen molar-refractivity contribution in [1.29, 1.82) is 0 Å². The van der Waals surface area contributed by atoms with Crippen LogP contribution in [0.25, 0.3) is 0 Å². The zero-order valence-corrected chi connectivity index (χ0v) is 8.53. The van der Waals surface area contributed by atoms with Gasteiger partial charge in [0.1, 0.15) is 0 Å². The van der Waals surface area contributed by atoms with Crippen LogP contribution in [-0.4, -0.2) is 0 Å². The summed E-state index contributed by atoms with van der Waals surface area (Å²) in [5, 5.41) is 3.32. The van der Waals surface area contributed by atoms with Crippen LogP contribution in [0.3, 0.4) is 0 Å². The van der Waals surface area contributed by atoms with Crippen molar-refractivity contribution in [2.24, 2.45) is 0 Å². The Bertz CT molecular complexity index is 417. The molecule has 2 aromatic carbocycles. The first-order valence-corrected chi connectivity index (χ1v) is 4.86. The van der Waals surface area contributed by atoms with Crippen LogP contribution in [0.4, 0.5) is 11.4 Å². The van der Waals surface area contributed by atoms with Crippen LogP contribution in [0, 0.1) is 13.8 Å². The summed E-state index contributed by atoms with van der Waals surface area (Å²) in [6, 6.07) is 15.9. The van der Waals surface area contributed by atoms with Crippen LogP contribution in [0.2, 0.25) is 0 Å². The molecular formula is C14H13N. The van der Waals surface area contributed by atoms with E-state index in [9.17, 15) is 0 Å². The standard InChI is InChI=1S/C14H13N/c1-11-7-3-5-9-13(11)15-14-10-6-4-8-12(14)2/h3-10,15H,1-2H2. The highest BCUT2D eigenvalue weighted by Crippen LogP contribution is 2.22. The third-order valence-corrected chi connectivity index (χ3v) is 2.30. The zero-order valence-electron chi connectivity index (χ0n) is 8.53. The lowest BCUT2D eigenvalue weighted by molar-refractivity contribution is 1.48. The second-order valence-electron chi connectivity index (χ2n) is 3.44. The number of rotatable bonds is 2. The molecule has 2 rings (SSSR count). The summed E-state index contributed by atoms with van der Waals surface area (Å²) in [6.45, 7) is 7.93. The summed E-state index contributed by atoms with van der Waals surface area (Å²) in [6.07, 6.45) is 0. The van der Waals surface area contributed by atoms with Gasteiger partial charge in [0.25, 0.3) is 0 Å². The molecule has 0 spiro atoms. The quantitative estimate of drug-likeness (QED) is 0.768. The Morgan fingerprint density at radius 2 is 1.07 bits per heavy atom. The first-order chi connectivity index (χ1) is 7.27. The number of nitrogens with one attached hydrogen (secondary N) is 1. The van der Waals surface area contributed by atoms with Gasteiger partial charge >= 0.3 is 0 Å². The maximum absolute atomic E-state index is 3.96. The van der Waals surface area contributed by atoms with Gasteiger partial charge in [0, 0.05) is 11.4 Å². The molecule has 0 heterocycles. The van der Waals surface area contributed by atoms with Crippen molar-refractivity contribution >= 4 is 11.4 Å². The van der Waals surface area contributed by atoms with Gasteiger partial charge < -0.3 is 5.32 Å². The van der Waals surface area contributed by atoms with Gasteiger partial charge in [-0.1, -0.05) is 36.4 Å². The molecule has 2 radical (unpaired) electrons. The normalized spacial score (nSPS) is 10.0. The van der Waals surface area contributed by atoms with E-state index in [2.05, 4.69) is 19.2 Å². The number of hydrogen-bond donors (Lipinski definition) is 1. The van der Waals surface area contributed by atoms with Crippen molar-refractivity contribution in [2.75, 3.05) is 5.32 Å². The molecule has 15 heavy (non-hydrogen) atoms. The fraction of sp³-hybridized carbons (Fsp3) is 0. The summed E-state index contributed by atoms with van der Waals surface area (Å²) in [4.78, 5) is 0. The number of hydrogen-bond acceptors (Lipinski definition) is 1. The summed E-state index contributed by atoms with van der Waals surface area (Å²) >= 11 is 0. The van der Waals surface area contributed by atoms with Gasteiger partial charge in [0.05, 0.1) is 0 Å². The molecule has 0 bridgehead atoms. The minimum atomic E-state index is 0.987. The van der Waals surface area contributed by atoms with Crippen molar-refractivity contribution in [2.45, 2.75) is 0 Å². The van der Waals surface area contributed by atoms with E-state index < -0.39 is 0 Å². The second kappa shape index (κ2) is 4.18. The summed E-state index contributed by atoms with van der Waals surface area (Å²) < 4.78 is 0. The van der Waals surface area contributed by atoms with E-state index in [1.807, 2.05) is 48.5 Å². The average Bonchev–Trinajstić information content (AvgIpc) is 2.24. The molecular weight excluding hydrogens is 182 g/mol. The molecule has 0 fully saturated rings. The predicted octanol–water partition coefficient (Wildman–Crippen LogP) is 3.79. The van der Waals surface area contributed by atoms with Crippen LogP contribution in [0.5, 0.6) is 0 Å². The fourth-order valence-corrected chi connectivity index (χ4v) is 1.43. The highest BCUT2D eigenvalue weighted by atomic mass is 14.9. The van der Waals surface area contributed by atoms with Gasteiger partial charge in [0.15, 0.2) is 0 Å². The van der Waals surface area contributed by atoms with Gasteiger partial charge in [-0.25, -0.2) is 0 Å². The SMILES string of the molecule is [CH2]c1ccccc1Nc1ccccc1[CH2]. The molecule has 0 aromatic heterocycles. The Kier molecular flexibility index (Phi) is 2.72. The van der Waals surface area contributed by atoms with Crippen LogP contribution >= 0.6 is 0 Å². The molecule has 0 unspecified atom stereocenters. The summed E-state index contributed by atoms with van der Waals surface area (Å²) in [5.41, 5.74) is 4.02. The maximum atomic E-state index is 3.96. The highest BCUT2D eigenvalue weighted by molar-refractivity contribution is 5.67. The lowest BCUT2D eigenvalue weighted by atomic mass is 10.1. The Labute approximate surface area is 90.8 Å². The molecule has 1 heteroatoms. The Morgan fingerprint density at radius 3 is 1.47 bits per heavy atom. The molecule has 0 amide bonds. The number of benzene rings is 2. The van der Waals surface area contributed by atoms with E-state index in [0.29, 0.717) is 0 Å². The van der Waals surface area contributed by atoms with E-state index in [4.69, 9.17) is 0 Å². The molecule has 2 aromatic rings. The number of para-hydroxylation sites is 2. The van der Waals surface area contributed by atoms with Crippen LogP contribution < -0.4 is 5.32 Å². The van der Waals surface area contributed by atoms with Crippen LogP contribution in [0.1, 0.15) is 11.1 Å². The third-order valence-electron chi connectivity index (χ3n) is 2.30. The minimum absolute atomic E-state index is 0.987. The smallest absolute Gasteiger partial charge is 0.0416 e. The molecule has 1 N–H and O–H groups in total. The van der Waals surface area contributed by atoms with Gasteiger partial charge in [-0.3, -0.25) is 0 Å². The van der Waals surface area contributed by atoms with E-state index in [-0.39, 0.29) is 0 Å². The lowest BCUT2D eigenvalue weighted by Crippen LogP contribution is -1.94. The van der Waals surface area contributed by atoms with Gasteiger partial charge in [-0.2, -0.15) is 0 Å². The molecule has 0 aliphatic carbocycles. The molecule has 1 nitrogen and oxygen atoms in total. The van der Waals surface area contributed by atoms with Gasteiger partial charge in [-0.05, 0) is 37.1 Å². The molecule has 0 saturated carbocycles. The largest absolute Gasteiger partial charge is 0.355 e. The Hall–Kier alpha value is -1.76. The third kappa shape index (κ3) is 2.18. The number of anilines is 2. The predicted molar refractivity (Wildman–Crippen MR) is 65.1 cm³/mol. The van der Waals surface area contributed by atoms with Crippen molar-refractivity contribution in [3.63, 3.8) is 0 Å². The zero-order chi connectivity index (χ0) is 10.7. The highest BCUT2D eigenvalue weighted by Gasteiger charge is 1.99. The van der Waals surface area contributed by atoms with Crippen molar-refractivity contribution < 1.29 is 0 Å². The van der Waals surface area contributed by atoms with Gasteiger partial charge in [0.2, 0.25) is 0 Å². The first kappa shape index (κ1) is 9.78. The van der Waals surface area contributed by atoms with E-state index in [0.717, 1.165) is 22.5 Å². The van der Waals surface area contributed by atoms with Crippen molar-refractivity contribution in [3.05, 3.63) is 73.5 Å². The molecule has 0 aliphatic rings. The fourth-order valence-electron chi connectivity index (χ4n) is 1.43. The first-order valence-electron chi connectivity index (χ1n) is 4.86. The van der Waals surface area contributed by atoms with Crippen molar-refractivity contribution in [1.82, 2.24) is 0 Å². The second-order valence-corrected chi connectivity index (χ2v) is 3.44. The monoisotopic (exact) mass is 195 g/mol. The molecule has 0 saturated heterocycles. The summed E-state index contributed by atoms with van der Waals surface area (Å²) in [5.74, 6) is 0. The topological polar surface area (TPSA) is 12.0 Å². The maximum Gasteiger partial charge on any atom is 0.0416 e. The van der Waals surface area contributed by atoms with E-state index in [1.54, 1.807) is 0 Å². The Morgan fingerprint density at radius 1 is 0.667 bits per heavy atom. The lowest BCUT2D eigenvalue weighted by Gasteiger charge is -2.11. The Balaban J connectivity index is 2.30. The summed E-state index contributed by atoms with van der Waals surface area (Å²) in [7, 11) is 0. The minimum Gasteiger partial charge on any atom is -0.355 e. The van der Waals surface area contributed by atoms with Crippen LogP contribution in [-0.2, 0) is 0 Å². The van der Waals surface area contributed by atoms with Crippen LogP contribution in [0.15, 0.2) is 48.5 Å². The van der Waals surface area contributed by atoms with E-state index in [1.165, 1.54) is 0 Å². The molecule has 0 aliphatic heterocycles. The van der Waals surface area contributed by atoms with Crippen molar-refractivity contribution in [3.8, 4) is 0 Å². The molecule has 74 valence electrons. The molecule has 0 atom stereocenters. The van der Waals surface area contributed by atoms with E-state index >= 15 is 0 Å². The average molecular weight is 195 g/mol. The van der Waals surface area contributed by atoms with Gasteiger partial charge in [-0.15, -0.1) is 0 Å².